The summed E-state index contributed by atoms with van der Waals surface area (Å²) in [6.07, 6.45) is -3.05. The minimum atomic E-state index is -4.43. The third-order valence-corrected chi connectivity index (χ3v) is 4.00. The number of pyridine rings is 1. The molecule has 1 aliphatic rings. The molecule has 0 spiro atoms. The Morgan fingerprint density at radius 3 is 2.84 bits per heavy atom. The molecule has 1 fully saturated rings. The molecule has 0 radical (unpaired) electrons. The molecule has 1 aromatic heterocycles. The number of hydrogen-bond donors (Lipinski definition) is 0. The van der Waals surface area contributed by atoms with Crippen LogP contribution >= 0.6 is 31.9 Å². The van der Waals surface area contributed by atoms with Gasteiger partial charge in [0.2, 0.25) is 0 Å². The van der Waals surface area contributed by atoms with Crippen LogP contribution in [0, 0.1) is 0 Å². The van der Waals surface area contributed by atoms with Crippen molar-refractivity contribution in [1.29, 1.82) is 0 Å². The summed E-state index contributed by atoms with van der Waals surface area (Å²) < 4.78 is 44.8. The van der Waals surface area contributed by atoms with Gasteiger partial charge in [-0.15, -0.1) is 0 Å². The Bertz CT molecular complexity index is 456. The molecule has 2 heterocycles. The third kappa shape index (κ3) is 3.41. The fourth-order valence-electron chi connectivity index (χ4n) is 1.93. The average molecular weight is 404 g/mol. The maximum absolute atomic E-state index is 13.1. The molecule has 19 heavy (non-hydrogen) atoms. The summed E-state index contributed by atoms with van der Waals surface area (Å²) in [6, 6.07) is 0.909. The van der Waals surface area contributed by atoms with Crippen molar-refractivity contribution in [2.45, 2.75) is 12.2 Å². The lowest BCUT2D eigenvalue weighted by atomic mass is 10.2. The second kappa shape index (κ2) is 5.97. The lowest BCUT2D eigenvalue weighted by Crippen LogP contribution is -2.47. The molecule has 0 aromatic carbocycles. The van der Waals surface area contributed by atoms with Crippen molar-refractivity contribution < 1.29 is 17.9 Å². The fraction of sp³-hybridized carbons (Fsp3) is 0.545. The highest BCUT2D eigenvalue weighted by Crippen LogP contribution is 2.37. The predicted octanol–water partition coefficient (Wildman–Crippen LogP) is 3.46. The van der Waals surface area contributed by atoms with Gasteiger partial charge in [0.15, 0.2) is 0 Å². The van der Waals surface area contributed by atoms with Crippen LogP contribution in [0.25, 0.3) is 0 Å². The number of hydrogen-bond acceptors (Lipinski definition) is 3. The van der Waals surface area contributed by atoms with E-state index in [1.54, 1.807) is 4.90 Å². The van der Waals surface area contributed by atoms with Crippen LogP contribution in [0.15, 0.2) is 16.7 Å². The molecule has 0 bridgehead atoms. The van der Waals surface area contributed by atoms with Crippen molar-refractivity contribution in [3.05, 3.63) is 22.3 Å². The predicted molar refractivity (Wildman–Crippen MR) is 72.7 cm³/mol. The van der Waals surface area contributed by atoms with E-state index in [1.165, 1.54) is 6.20 Å². The Morgan fingerprint density at radius 1 is 1.47 bits per heavy atom. The average Bonchev–Trinajstić information content (AvgIpc) is 2.37. The van der Waals surface area contributed by atoms with Gasteiger partial charge in [-0.05, 0) is 22.0 Å². The monoisotopic (exact) mass is 402 g/mol. The van der Waals surface area contributed by atoms with Gasteiger partial charge in [0, 0.05) is 22.5 Å². The smallest absolute Gasteiger partial charge is 0.377 e. The van der Waals surface area contributed by atoms with Crippen LogP contribution in [0.4, 0.5) is 19.0 Å². The molecular weight excluding hydrogens is 393 g/mol. The number of rotatable bonds is 2. The van der Waals surface area contributed by atoms with Crippen LogP contribution in [0.1, 0.15) is 5.56 Å². The van der Waals surface area contributed by atoms with Gasteiger partial charge in [0.05, 0.1) is 24.8 Å². The Kier molecular flexibility index (Phi) is 4.73. The Hall–Kier alpha value is -0.340. The van der Waals surface area contributed by atoms with E-state index < -0.39 is 11.7 Å². The first kappa shape index (κ1) is 15.1. The largest absolute Gasteiger partial charge is 0.419 e. The molecule has 3 nitrogen and oxygen atoms in total. The van der Waals surface area contributed by atoms with Gasteiger partial charge in [-0.25, -0.2) is 4.98 Å². The lowest BCUT2D eigenvalue weighted by Gasteiger charge is -2.36. The topological polar surface area (TPSA) is 25.4 Å². The van der Waals surface area contributed by atoms with Crippen molar-refractivity contribution in [2.24, 2.45) is 0 Å². The number of halogens is 5. The van der Waals surface area contributed by atoms with E-state index in [0.29, 0.717) is 29.6 Å². The molecule has 0 N–H and O–H groups in total. The van der Waals surface area contributed by atoms with E-state index in [-0.39, 0.29) is 11.9 Å². The van der Waals surface area contributed by atoms with Crippen LogP contribution in [0.2, 0.25) is 0 Å². The van der Waals surface area contributed by atoms with Crippen LogP contribution in [0.5, 0.6) is 0 Å². The Labute approximate surface area is 125 Å². The van der Waals surface area contributed by atoms with E-state index in [4.69, 9.17) is 4.74 Å². The number of alkyl halides is 4. The number of morpholine rings is 1. The van der Waals surface area contributed by atoms with Gasteiger partial charge in [-0.2, -0.15) is 13.2 Å². The molecule has 2 rings (SSSR count). The number of ether oxygens (including phenoxy) is 1. The van der Waals surface area contributed by atoms with Gasteiger partial charge >= 0.3 is 6.18 Å². The van der Waals surface area contributed by atoms with Crippen molar-refractivity contribution in [2.75, 3.05) is 30.0 Å². The van der Waals surface area contributed by atoms with Crippen molar-refractivity contribution in [3.8, 4) is 0 Å². The molecule has 0 amide bonds. The zero-order chi connectivity index (χ0) is 14.0. The van der Waals surface area contributed by atoms with E-state index in [0.717, 1.165) is 6.07 Å². The highest BCUT2D eigenvalue weighted by molar-refractivity contribution is 9.10. The zero-order valence-electron chi connectivity index (χ0n) is 9.75. The van der Waals surface area contributed by atoms with Crippen molar-refractivity contribution in [1.82, 2.24) is 4.98 Å². The lowest BCUT2D eigenvalue weighted by molar-refractivity contribution is -0.137. The molecule has 1 unspecified atom stereocenters. The molecule has 0 saturated carbocycles. The van der Waals surface area contributed by atoms with E-state index in [9.17, 15) is 13.2 Å². The first-order valence-electron chi connectivity index (χ1n) is 5.56. The molecule has 1 saturated heterocycles. The SMILES string of the molecule is FC(F)(F)c1cc(Br)cnc1N1CCOCC1CBr. The van der Waals surface area contributed by atoms with Crippen LogP contribution < -0.4 is 4.90 Å². The summed E-state index contributed by atoms with van der Waals surface area (Å²) in [5, 5.41) is 0.530. The molecule has 106 valence electrons. The summed E-state index contributed by atoms with van der Waals surface area (Å²) in [6.45, 7) is 1.19. The standard InChI is InChI=1S/C11H11Br2F3N2O/c12-4-8-6-19-2-1-18(8)10-9(11(14,15)16)3-7(13)5-17-10/h3,5,8H,1-2,4,6H2. The highest BCUT2D eigenvalue weighted by Gasteiger charge is 2.38. The maximum atomic E-state index is 13.1. The van der Waals surface area contributed by atoms with Crippen molar-refractivity contribution >= 4 is 37.7 Å². The molecule has 1 atom stereocenters. The van der Waals surface area contributed by atoms with Gasteiger partial charge in [0.25, 0.3) is 0 Å². The first-order valence-corrected chi connectivity index (χ1v) is 7.48. The zero-order valence-corrected chi connectivity index (χ0v) is 12.9. The highest BCUT2D eigenvalue weighted by atomic mass is 79.9. The minimum Gasteiger partial charge on any atom is -0.377 e. The van der Waals surface area contributed by atoms with E-state index in [1.807, 2.05) is 0 Å². The van der Waals surface area contributed by atoms with E-state index in [2.05, 4.69) is 36.8 Å². The van der Waals surface area contributed by atoms with Gasteiger partial charge in [-0.3, -0.25) is 0 Å². The summed E-state index contributed by atoms with van der Waals surface area (Å²) in [5.74, 6) is -0.0385. The summed E-state index contributed by atoms with van der Waals surface area (Å²) >= 11 is 6.33. The molecule has 0 aliphatic carbocycles. The van der Waals surface area contributed by atoms with Crippen LogP contribution in [0.3, 0.4) is 0 Å². The first-order chi connectivity index (χ1) is 8.93. The molecule has 1 aliphatic heterocycles. The molecule has 8 heteroatoms. The number of aromatic nitrogens is 1. The third-order valence-electron chi connectivity index (χ3n) is 2.82. The summed E-state index contributed by atoms with van der Waals surface area (Å²) in [5.41, 5.74) is -0.727. The normalized spacial score (nSPS) is 20.7. The number of anilines is 1. The van der Waals surface area contributed by atoms with Crippen LogP contribution in [-0.4, -0.2) is 36.1 Å². The van der Waals surface area contributed by atoms with E-state index >= 15 is 0 Å². The maximum Gasteiger partial charge on any atom is 0.419 e. The Morgan fingerprint density at radius 2 is 2.21 bits per heavy atom. The van der Waals surface area contributed by atoms with Crippen molar-refractivity contribution in [3.63, 3.8) is 0 Å². The van der Waals surface area contributed by atoms with Crippen LogP contribution in [-0.2, 0) is 10.9 Å². The van der Waals surface area contributed by atoms with Gasteiger partial charge in [-0.1, -0.05) is 15.9 Å². The van der Waals surface area contributed by atoms with Gasteiger partial charge in [0.1, 0.15) is 5.82 Å². The number of nitrogens with zero attached hydrogens (tertiary/aromatic N) is 2. The second-order valence-corrected chi connectivity index (χ2v) is 5.66. The van der Waals surface area contributed by atoms with Gasteiger partial charge < -0.3 is 9.64 Å². The summed E-state index contributed by atoms with van der Waals surface area (Å²) in [4.78, 5) is 5.60. The Balaban J connectivity index is 2.43. The quantitative estimate of drug-likeness (QED) is 0.707. The summed E-state index contributed by atoms with van der Waals surface area (Å²) in [7, 11) is 0. The minimum absolute atomic E-state index is 0.0385. The second-order valence-electron chi connectivity index (χ2n) is 4.10. The fourth-order valence-corrected chi connectivity index (χ4v) is 2.80. The molecule has 1 aromatic rings. The molecular formula is C11H11Br2F3N2O.